The first-order valence-corrected chi connectivity index (χ1v) is 9.18. The van der Waals surface area contributed by atoms with E-state index in [9.17, 15) is 9.59 Å². The van der Waals surface area contributed by atoms with Gasteiger partial charge in [0, 0.05) is 36.9 Å². The Morgan fingerprint density at radius 1 is 1.04 bits per heavy atom. The number of carbonyl (C=O) groups is 2. The number of anilines is 1. The van der Waals surface area contributed by atoms with Gasteiger partial charge in [-0.1, -0.05) is 29.8 Å². The van der Waals surface area contributed by atoms with Crippen LogP contribution in [-0.4, -0.2) is 54.5 Å². The van der Waals surface area contributed by atoms with Gasteiger partial charge in [-0.25, -0.2) is 4.79 Å². The maximum atomic E-state index is 12.3. The van der Waals surface area contributed by atoms with Gasteiger partial charge in [0.15, 0.2) is 6.61 Å². The van der Waals surface area contributed by atoms with E-state index in [4.69, 9.17) is 16.3 Å². The molecule has 1 N–H and O–H groups in total. The van der Waals surface area contributed by atoms with E-state index in [1.165, 1.54) is 0 Å². The molecule has 0 aliphatic carbocycles. The van der Waals surface area contributed by atoms with Crippen LogP contribution < -0.4 is 10.1 Å². The lowest BCUT2D eigenvalue weighted by Gasteiger charge is -2.34. The fourth-order valence-corrected chi connectivity index (χ4v) is 3.06. The quantitative estimate of drug-likeness (QED) is 0.874. The smallest absolute Gasteiger partial charge is 0.321 e. The second-order valence-electron chi connectivity index (χ2n) is 6.41. The number of nitrogens with one attached hydrogen (secondary N) is 1. The maximum Gasteiger partial charge on any atom is 0.321 e. The number of amides is 3. The summed E-state index contributed by atoms with van der Waals surface area (Å²) in [5, 5.41) is 3.39. The minimum atomic E-state index is -0.194. The highest BCUT2D eigenvalue weighted by atomic mass is 35.5. The Hall–Kier alpha value is -2.73. The van der Waals surface area contributed by atoms with Crippen LogP contribution in [0.25, 0.3) is 0 Å². The van der Waals surface area contributed by atoms with Crippen LogP contribution in [0.15, 0.2) is 48.5 Å². The second-order valence-corrected chi connectivity index (χ2v) is 6.85. The molecule has 0 unspecified atom stereocenters. The predicted molar refractivity (Wildman–Crippen MR) is 105 cm³/mol. The summed E-state index contributed by atoms with van der Waals surface area (Å²) in [5.74, 6) is 0.606. The fourth-order valence-electron chi connectivity index (χ4n) is 2.87. The minimum absolute atomic E-state index is 0.00182. The summed E-state index contributed by atoms with van der Waals surface area (Å²) in [6.07, 6.45) is 0. The van der Waals surface area contributed by atoms with E-state index in [-0.39, 0.29) is 18.5 Å². The summed E-state index contributed by atoms with van der Waals surface area (Å²) in [6, 6.07) is 14.4. The Morgan fingerprint density at radius 2 is 1.74 bits per heavy atom. The van der Waals surface area contributed by atoms with Crippen molar-refractivity contribution >= 4 is 29.2 Å². The van der Waals surface area contributed by atoms with Gasteiger partial charge in [-0.05, 0) is 42.8 Å². The van der Waals surface area contributed by atoms with Crippen molar-refractivity contribution in [1.29, 1.82) is 0 Å². The van der Waals surface area contributed by atoms with E-state index in [0.717, 1.165) is 5.56 Å². The number of benzene rings is 2. The Balaban J connectivity index is 1.45. The number of aryl methyl sites for hydroxylation is 1. The first-order chi connectivity index (χ1) is 13.0. The average molecular weight is 388 g/mol. The molecule has 3 amide bonds. The zero-order valence-electron chi connectivity index (χ0n) is 15.2. The normalized spacial score (nSPS) is 14.0. The van der Waals surface area contributed by atoms with Crippen LogP contribution in [0, 0.1) is 6.92 Å². The molecule has 27 heavy (non-hydrogen) atoms. The topological polar surface area (TPSA) is 61.9 Å². The molecule has 0 radical (unpaired) electrons. The molecule has 0 bridgehead atoms. The van der Waals surface area contributed by atoms with Crippen LogP contribution >= 0.6 is 11.6 Å². The number of nitrogens with zero attached hydrogens (tertiary/aromatic N) is 2. The number of hydrogen-bond acceptors (Lipinski definition) is 3. The summed E-state index contributed by atoms with van der Waals surface area (Å²) in [5.41, 5.74) is 1.73. The number of halogens is 1. The molecule has 3 rings (SSSR count). The number of urea groups is 1. The molecular weight excluding hydrogens is 366 g/mol. The molecule has 0 saturated carbocycles. The van der Waals surface area contributed by atoms with Gasteiger partial charge in [0.2, 0.25) is 0 Å². The van der Waals surface area contributed by atoms with Gasteiger partial charge < -0.3 is 19.9 Å². The molecule has 6 nitrogen and oxygen atoms in total. The second kappa shape index (κ2) is 8.77. The van der Waals surface area contributed by atoms with Gasteiger partial charge in [0.25, 0.3) is 5.91 Å². The molecule has 0 aromatic heterocycles. The highest BCUT2D eigenvalue weighted by Gasteiger charge is 2.24. The van der Waals surface area contributed by atoms with Gasteiger partial charge in [-0.15, -0.1) is 0 Å². The van der Waals surface area contributed by atoms with Crippen molar-refractivity contribution in [2.75, 3.05) is 38.1 Å². The maximum absolute atomic E-state index is 12.3. The Bertz CT molecular complexity index is 820. The highest BCUT2D eigenvalue weighted by molar-refractivity contribution is 6.30. The van der Waals surface area contributed by atoms with E-state index in [1.807, 2.05) is 31.2 Å². The molecule has 142 valence electrons. The van der Waals surface area contributed by atoms with Crippen molar-refractivity contribution in [2.45, 2.75) is 6.92 Å². The first-order valence-electron chi connectivity index (χ1n) is 8.80. The van der Waals surface area contributed by atoms with E-state index in [2.05, 4.69) is 5.32 Å². The van der Waals surface area contributed by atoms with Gasteiger partial charge >= 0.3 is 6.03 Å². The Labute approximate surface area is 163 Å². The monoisotopic (exact) mass is 387 g/mol. The molecule has 0 atom stereocenters. The van der Waals surface area contributed by atoms with E-state index in [0.29, 0.717) is 42.6 Å². The lowest BCUT2D eigenvalue weighted by Crippen LogP contribution is -2.52. The number of hydrogen-bond donors (Lipinski definition) is 1. The molecular formula is C20H22ClN3O3. The van der Waals surface area contributed by atoms with Crippen LogP contribution in [0.5, 0.6) is 5.75 Å². The predicted octanol–water partition coefficient (Wildman–Crippen LogP) is 3.40. The third-order valence-corrected chi connectivity index (χ3v) is 4.58. The molecule has 0 spiro atoms. The van der Waals surface area contributed by atoms with Crippen molar-refractivity contribution in [3.05, 3.63) is 59.1 Å². The molecule has 1 aliphatic heterocycles. The molecule has 1 aliphatic rings. The van der Waals surface area contributed by atoms with E-state index < -0.39 is 0 Å². The van der Waals surface area contributed by atoms with Crippen molar-refractivity contribution in [2.24, 2.45) is 0 Å². The van der Waals surface area contributed by atoms with Crippen LogP contribution in [0.3, 0.4) is 0 Å². The summed E-state index contributed by atoms with van der Waals surface area (Å²) >= 11 is 5.93. The number of ether oxygens (including phenoxy) is 1. The SMILES string of the molecule is Cc1cccc(OCC(=O)N2CCN(C(=O)Nc3cccc(Cl)c3)CC2)c1. The Morgan fingerprint density at radius 3 is 2.44 bits per heavy atom. The van der Waals surface area contributed by atoms with Crippen LogP contribution in [0.1, 0.15) is 5.56 Å². The zero-order valence-corrected chi connectivity index (χ0v) is 15.9. The third kappa shape index (κ3) is 5.37. The molecule has 7 heteroatoms. The lowest BCUT2D eigenvalue weighted by atomic mass is 10.2. The lowest BCUT2D eigenvalue weighted by molar-refractivity contribution is -0.134. The van der Waals surface area contributed by atoms with Crippen molar-refractivity contribution in [3.63, 3.8) is 0 Å². The number of carbonyl (C=O) groups excluding carboxylic acids is 2. The molecule has 1 saturated heterocycles. The van der Waals surface area contributed by atoms with Crippen LogP contribution in [0.2, 0.25) is 5.02 Å². The number of rotatable bonds is 4. The average Bonchev–Trinajstić information content (AvgIpc) is 2.66. The summed E-state index contributed by atoms with van der Waals surface area (Å²) in [7, 11) is 0. The van der Waals surface area contributed by atoms with Crippen molar-refractivity contribution in [1.82, 2.24) is 9.80 Å². The summed E-state index contributed by atoms with van der Waals surface area (Å²) < 4.78 is 5.57. The van der Waals surface area contributed by atoms with Gasteiger partial charge in [-0.2, -0.15) is 0 Å². The first kappa shape index (κ1) is 19.0. The molecule has 1 fully saturated rings. The number of piperazine rings is 1. The Kier molecular flexibility index (Phi) is 6.19. The zero-order chi connectivity index (χ0) is 19.2. The minimum Gasteiger partial charge on any atom is -0.484 e. The largest absolute Gasteiger partial charge is 0.484 e. The summed E-state index contributed by atoms with van der Waals surface area (Å²) in [6.45, 7) is 3.89. The highest BCUT2D eigenvalue weighted by Crippen LogP contribution is 2.16. The third-order valence-electron chi connectivity index (χ3n) is 4.35. The molecule has 2 aromatic carbocycles. The molecule has 1 heterocycles. The van der Waals surface area contributed by atoms with Crippen LogP contribution in [0.4, 0.5) is 10.5 Å². The van der Waals surface area contributed by atoms with E-state index in [1.54, 1.807) is 34.1 Å². The van der Waals surface area contributed by atoms with Gasteiger partial charge in [0.1, 0.15) is 5.75 Å². The standard InChI is InChI=1S/C20H22ClN3O3/c1-15-4-2-7-18(12-15)27-14-19(25)23-8-10-24(11-9-23)20(26)22-17-6-3-5-16(21)13-17/h2-7,12-13H,8-11,14H2,1H3,(H,22,26). The van der Waals surface area contributed by atoms with Gasteiger partial charge in [0.05, 0.1) is 0 Å². The van der Waals surface area contributed by atoms with Gasteiger partial charge in [-0.3, -0.25) is 4.79 Å². The van der Waals surface area contributed by atoms with Crippen LogP contribution in [-0.2, 0) is 4.79 Å². The summed E-state index contributed by atoms with van der Waals surface area (Å²) in [4.78, 5) is 28.1. The fraction of sp³-hybridized carbons (Fsp3) is 0.300. The molecule has 2 aromatic rings. The van der Waals surface area contributed by atoms with E-state index >= 15 is 0 Å². The van der Waals surface area contributed by atoms with Crippen molar-refractivity contribution in [3.8, 4) is 5.75 Å². The van der Waals surface area contributed by atoms with Crippen molar-refractivity contribution < 1.29 is 14.3 Å².